The maximum Gasteiger partial charge on any atom is 0.233 e. The number of nitrogens with zero attached hydrogens (tertiary/aromatic N) is 4. The molecular formula is C22H22F2N4O. The minimum atomic E-state index is -0.868. The lowest BCUT2D eigenvalue weighted by Crippen LogP contribution is -2.53. The number of amides is 1. The highest BCUT2D eigenvalue weighted by Gasteiger charge is 2.49. The van der Waals surface area contributed by atoms with Crippen molar-refractivity contribution in [3.63, 3.8) is 0 Å². The van der Waals surface area contributed by atoms with Gasteiger partial charge in [0.2, 0.25) is 5.91 Å². The molecule has 1 aliphatic heterocycles. The number of hydrogen-bond acceptors (Lipinski definition) is 3. The van der Waals surface area contributed by atoms with Crippen molar-refractivity contribution in [1.82, 2.24) is 19.5 Å². The van der Waals surface area contributed by atoms with E-state index in [1.54, 1.807) is 0 Å². The molecule has 3 heterocycles. The number of piperidine rings is 1. The molecule has 2 aliphatic rings. The molecule has 0 radical (unpaired) electrons. The molecule has 1 saturated carbocycles. The molecule has 2 aromatic heterocycles. The van der Waals surface area contributed by atoms with E-state index in [-0.39, 0.29) is 11.8 Å². The number of carbonyl (C=O) groups excluding carboxylic acids is 1. The van der Waals surface area contributed by atoms with Crippen LogP contribution in [0, 0.1) is 11.6 Å². The van der Waals surface area contributed by atoms with Gasteiger partial charge in [0, 0.05) is 36.8 Å². The van der Waals surface area contributed by atoms with E-state index < -0.39 is 17.0 Å². The number of hydrogen-bond donors (Lipinski definition) is 0. The zero-order valence-electron chi connectivity index (χ0n) is 16.0. The van der Waals surface area contributed by atoms with Gasteiger partial charge >= 0.3 is 0 Å². The third-order valence-corrected chi connectivity index (χ3v) is 6.48. The molecule has 0 bridgehead atoms. The second kappa shape index (κ2) is 6.90. The normalized spacial score (nSPS) is 21.2. The summed E-state index contributed by atoms with van der Waals surface area (Å²) in [6.45, 7) is 1.19. The molecule has 1 unspecified atom stereocenters. The molecule has 5 rings (SSSR count). The highest BCUT2D eigenvalue weighted by molar-refractivity contribution is 5.89. The average molecular weight is 396 g/mol. The quantitative estimate of drug-likeness (QED) is 0.676. The van der Waals surface area contributed by atoms with Gasteiger partial charge in [-0.2, -0.15) is 0 Å². The van der Waals surface area contributed by atoms with Crippen LogP contribution in [0.3, 0.4) is 0 Å². The number of halogens is 2. The van der Waals surface area contributed by atoms with Crippen LogP contribution in [0.4, 0.5) is 8.78 Å². The van der Waals surface area contributed by atoms with Crippen LogP contribution in [-0.4, -0.2) is 38.5 Å². The van der Waals surface area contributed by atoms with Crippen molar-refractivity contribution in [2.75, 3.05) is 13.1 Å². The van der Waals surface area contributed by atoms with Crippen molar-refractivity contribution in [1.29, 1.82) is 0 Å². The van der Waals surface area contributed by atoms with Crippen LogP contribution in [0.5, 0.6) is 0 Å². The molecule has 1 saturated heterocycles. The number of rotatable bonds is 3. The van der Waals surface area contributed by atoms with E-state index in [0.717, 1.165) is 36.8 Å². The third-order valence-electron chi connectivity index (χ3n) is 6.48. The van der Waals surface area contributed by atoms with Crippen LogP contribution < -0.4 is 0 Å². The number of aromatic nitrogens is 3. The van der Waals surface area contributed by atoms with Crippen molar-refractivity contribution < 1.29 is 13.6 Å². The lowest BCUT2D eigenvalue weighted by Gasteiger charge is -2.45. The van der Waals surface area contributed by atoms with Crippen molar-refractivity contribution in [3.8, 4) is 0 Å². The highest BCUT2D eigenvalue weighted by atomic mass is 19.1. The first kappa shape index (κ1) is 18.2. The van der Waals surface area contributed by atoms with Crippen LogP contribution >= 0.6 is 0 Å². The van der Waals surface area contributed by atoms with E-state index in [1.807, 2.05) is 33.7 Å². The van der Waals surface area contributed by atoms with Gasteiger partial charge in [0.25, 0.3) is 0 Å². The van der Waals surface area contributed by atoms with Crippen molar-refractivity contribution in [3.05, 3.63) is 65.6 Å². The van der Waals surface area contributed by atoms with Crippen molar-refractivity contribution >= 4 is 11.6 Å². The van der Waals surface area contributed by atoms with E-state index in [0.29, 0.717) is 31.5 Å². The van der Waals surface area contributed by atoms with Gasteiger partial charge in [-0.25, -0.2) is 8.78 Å². The minimum absolute atomic E-state index is 0.0484. The van der Waals surface area contributed by atoms with Crippen LogP contribution in [-0.2, 0) is 10.2 Å². The van der Waals surface area contributed by atoms with Gasteiger partial charge in [-0.15, -0.1) is 10.2 Å². The number of pyridine rings is 1. The Morgan fingerprint density at radius 2 is 1.97 bits per heavy atom. The van der Waals surface area contributed by atoms with Gasteiger partial charge in [-0.05, 0) is 43.9 Å². The first-order valence-corrected chi connectivity index (χ1v) is 10.1. The average Bonchev–Trinajstić information content (AvgIpc) is 3.13. The maximum atomic E-state index is 14.5. The van der Waals surface area contributed by atoms with Crippen LogP contribution in [0.2, 0.25) is 0 Å². The van der Waals surface area contributed by atoms with Gasteiger partial charge in [0.05, 0.1) is 5.41 Å². The Labute approximate surface area is 167 Å². The monoisotopic (exact) mass is 396 g/mol. The molecule has 0 spiro atoms. The fourth-order valence-electron chi connectivity index (χ4n) is 4.82. The molecule has 29 heavy (non-hydrogen) atoms. The van der Waals surface area contributed by atoms with Gasteiger partial charge in [0.15, 0.2) is 5.65 Å². The van der Waals surface area contributed by atoms with Crippen LogP contribution in [0.1, 0.15) is 49.4 Å². The van der Waals surface area contributed by atoms with E-state index in [4.69, 9.17) is 0 Å². The largest absolute Gasteiger partial charge is 0.341 e. The van der Waals surface area contributed by atoms with Crippen molar-refractivity contribution in [2.45, 2.75) is 43.4 Å². The number of benzene rings is 1. The number of likely N-dealkylation sites (tertiary alicyclic amines) is 1. The minimum Gasteiger partial charge on any atom is -0.341 e. The molecule has 1 atom stereocenters. The Balaban J connectivity index is 1.43. The fraction of sp³-hybridized carbons (Fsp3) is 0.409. The van der Waals surface area contributed by atoms with Gasteiger partial charge in [-0.1, -0.05) is 18.6 Å². The highest BCUT2D eigenvalue weighted by Crippen LogP contribution is 2.47. The van der Waals surface area contributed by atoms with Gasteiger partial charge in [0.1, 0.15) is 17.5 Å². The maximum absolute atomic E-state index is 14.5. The molecule has 1 aromatic carbocycles. The first-order valence-electron chi connectivity index (χ1n) is 10.1. The summed E-state index contributed by atoms with van der Waals surface area (Å²) in [6.07, 6.45) is 5.80. The van der Waals surface area contributed by atoms with E-state index >= 15 is 0 Å². The summed E-state index contributed by atoms with van der Waals surface area (Å²) in [5.41, 5.74) is 0.243. The fourth-order valence-corrected chi connectivity index (χ4v) is 4.82. The summed E-state index contributed by atoms with van der Waals surface area (Å²) in [7, 11) is 0. The Hall–Kier alpha value is -2.83. The summed E-state index contributed by atoms with van der Waals surface area (Å²) in [5, 5.41) is 8.60. The molecule has 5 nitrogen and oxygen atoms in total. The second-order valence-electron chi connectivity index (χ2n) is 8.14. The molecule has 1 amide bonds. The standard InChI is InChI=1S/C22H22F2N4O/c23-16-7-8-17(18(24)13-16)22(9-4-10-22)21(29)27-11-3-5-15(14-27)20-26-25-19-6-1-2-12-28(19)20/h1-2,6-8,12-13,15H,3-5,9-11,14H2. The summed E-state index contributed by atoms with van der Waals surface area (Å²) in [5.74, 6) is -0.359. The number of fused-ring (bicyclic) bond motifs is 1. The topological polar surface area (TPSA) is 50.5 Å². The molecular weight excluding hydrogens is 374 g/mol. The Morgan fingerprint density at radius 3 is 2.72 bits per heavy atom. The van der Waals surface area contributed by atoms with E-state index in [9.17, 15) is 13.6 Å². The van der Waals surface area contributed by atoms with E-state index in [2.05, 4.69) is 10.2 Å². The SMILES string of the molecule is O=C(N1CCCC(c2nnc3ccccn23)C1)C1(c2ccc(F)cc2F)CCC1. The van der Waals surface area contributed by atoms with E-state index in [1.165, 1.54) is 12.1 Å². The Morgan fingerprint density at radius 1 is 1.10 bits per heavy atom. The van der Waals surface area contributed by atoms with Crippen LogP contribution in [0.25, 0.3) is 5.65 Å². The van der Waals surface area contributed by atoms with Gasteiger partial charge < -0.3 is 4.90 Å². The van der Waals surface area contributed by atoms with Gasteiger partial charge in [-0.3, -0.25) is 9.20 Å². The lowest BCUT2D eigenvalue weighted by molar-refractivity contribution is -0.142. The third kappa shape index (κ3) is 2.91. The second-order valence-corrected chi connectivity index (χ2v) is 8.14. The zero-order valence-corrected chi connectivity index (χ0v) is 16.0. The molecule has 3 aromatic rings. The summed E-state index contributed by atoms with van der Waals surface area (Å²) >= 11 is 0. The first-order chi connectivity index (χ1) is 14.1. The Kier molecular flexibility index (Phi) is 4.33. The molecule has 150 valence electrons. The van der Waals surface area contributed by atoms with Crippen molar-refractivity contribution in [2.24, 2.45) is 0 Å². The molecule has 7 heteroatoms. The summed E-state index contributed by atoms with van der Waals surface area (Å²) < 4.78 is 29.9. The molecule has 1 aliphatic carbocycles. The Bertz CT molecular complexity index is 1080. The smallest absolute Gasteiger partial charge is 0.233 e. The summed E-state index contributed by atoms with van der Waals surface area (Å²) in [6, 6.07) is 9.32. The predicted molar refractivity (Wildman–Crippen MR) is 103 cm³/mol. The predicted octanol–water partition coefficient (Wildman–Crippen LogP) is 3.84. The lowest BCUT2D eigenvalue weighted by atomic mass is 9.63. The summed E-state index contributed by atoms with van der Waals surface area (Å²) in [4.78, 5) is 15.4. The zero-order chi connectivity index (χ0) is 20.0. The molecule has 2 fully saturated rings. The number of carbonyl (C=O) groups is 1. The molecule has 0 N–H and O–H groups in total. The van der Waals surface area contributed by atoms with Crippen LogP contribution in [0.15, 0.2) is 42.6 Å².